The minimum atomic E-state index is -0.555. The summed E-state index contributed by atoms with van der Waals surface area (Å²) in [5.41, 5.74) is 12.7. The normalized spacial score (nSPS) is 10.2. The molecule has 0 unspecified atom stereocenters. The van der Waals surface area contributed by atoms with E-state index in [0.717, 1.165) is 0 Å². The van der Waals surface area contributed by atoms with E-state index in [-0.39, 0.29) is 22.5 Å². The van der Waals surface area contributed by atoms with Crippen molar-refractivity contribution in [1.29, 1.82) is 0 Å². The Balaban J connectivity index is 1.90. The highest BCUT2D eigenvalue weighted by Crippen LogP contribution is 2.34. The van der Waals surface area contributed by atoms with Crippen molar-refractivity contribution >= 4 is 23.3 Å². The number of hydrogen-bond donors (Lipinski definition) is 2. The lowest BCUT2D eigenvalue weighted by Gasteiger charge is -2.15. The monoisotopic (exact) mass is 448 g/mol. The number of anilines is 2. The van der Waals surface area contributed by atoms with Crippen LogP contribution >= 0.6 is 0 Å². The van der Waals surface area contributed by atoms with Crippen LogP contribution in [0.4, 0.5) is 11.4 Å². The number of hydrogen-bond acceptors (Lipinski definition) is 10. The quantitative estimate of drug-likeness (QED) is 0.299. The number of ether oxygens (including phenoxy) is 6. The molecule has 0 saturated carbocycles. The molecule has 0 amide bonds. The van der Waals surface area contributed by atoms with E-state index in [4.69, 9.17) is 39.9 Å². The van der Waals surface area contributed by atoms with E-state index in [1.165, 1.54) is 52.7 Å². The Morgan fingerprint density at radius 3 is 1.34 bits per heavy atom. The van der Waals surface area contributed by atoms with Crippen molar-refractivity contribution in [2.24, 2.45) is 0 Å². The zero-order valence-corrected chi connectivity index (χ0v) is 18.6. The summed E-state index contributed by atoms with van der Waals surface area (Å²) in [5, 5.41) is 0. The molecule has 0 aliphatic rings. The van der Waals surface area contributed by atoms with Crippen LogP contribution in [0.3, 0.4) is 0 Å². The second-order valence-electron chi connectivity index (χ2n) is 6.57. The second kappa shape index (κ2) is 11.5. The zero-order valence-electron chi connectivity index (χ0n) is 18.6. The lowest BCUT2D eigenvalue weighted by atomic mass is 10.1. The maximum absolute atomic E-state index is 11.7. The molecular weight excluding hydrogens is 420 g/mol. The molecule has 32 heavy (non-hydrogen) atoms. The maximum atomic E-state index is 11.7. The van der Waals surface area contributed by atoms with Crippen LogP contribution < -0.4 is 30.4 Å². The van der Waals surface area contributed by atoms with Crippen LogP contribution in [0.2, 0.25) is 0 Å². The summed E-state index contributed by atoms with van der Waals surface area (Å²) in [6.45, 7) is 0.745. The van der Waals surface area contributed by atoms with E-state index in [1.807, 2.05) is 0 Å². The van der Waals surface area contributed by atoms with Crippen LogP contribution in [0.25, 0.3) is 0 Å². The van der Waals surface area contributed by atoms with E-state index >= 15 is 0 Å². The van der Waals surface area contributed by atoms with Crippen molar-refractivity contribution in [2.45, 2.75) is 12.8 Å². The third kappa shape index (κ3) is 5.87. The molecule has 0 aliphatic heterocycles. The highest BCUT2D eigenvalue weighted by atomic mass is 16.5. The van der Waals surface area contributed by atoms with Gasteiger partial charge in [0.25, 0.3) is 0 Å². The minimum Gasteiger partial charge on any atom is -0.493 e. The number of carbonyl (C=O) groups excluding carboxylic acids is 2. The van der Waals surface area contributed by atoms with Gasteiger partial charge in [-0.15, -0.1) is 0 Å². The summed E-state index contributed by atoms with van der Waals surface area (Å²) in [6, 6.07) is 6.01. The Hall–Kier alpha value is -3.82. The number of esters is 2. The number of methoxy groups -OCH3 is 4. The lowest BCUT2D eigenvalue weighted by molar-refractivity contribution is 0.0592. The topological polar surface area (TPSA) is 142 Å². The van der Waals surface area contributed by atoms with Crippen LogP contribution in [0, 0.1) is 0 Å². The van der Waals surface area contributed by atoms with E-state index in [0.29, 0.717) is 49.1 Å². The van der Waals surface area contributed by atoms with Gasteiger partial charge in [0.1, 0.15) is 0 Å². The van der Waals surface area contributed by atoms with Gasteiger partial charge in [-0.3, -0.25) is 0 Å². The number of carbonyl (C=O) groups is 2. The average molecular weight is 448 g/mol. The first-order valence-electron chi connectivity index (χ1n) is 9.73. The fourth-order valence-electron chi connectivity index (χ4n) is 2.84. The van der Waals surface area contributed by atoms with E-state index in [1.54, 1.807) is 0 Å². The van der Waals surface area contributed by atoms with Gasteiger partial charge >= 0.3 is 11.9 Å². The third-order valence-corrected chi connectivity index (χ3v) is 4.54. The molecule has 0 fully saturated rings. The summed E-state index contributed by atoms with van der Waals surface area (Å²) >= 11 is 0. The summed E-state index contributed by atoms with van der Waals surface area (Å²) in [7, 11) is 5.49. The largest absolute Gasteiger partial charge is 0.493 e. The summed E-state index contributed by atoms with van der Waals surface area (Å²) < 4.78 is 31.4. The van der Waals surface area contributed by atoms with Crippen molar-refractivity contribution in [3.63, 3.8) is 0 Å². The summed E-state index contributed by atoms with van der Waals surface area (Å²) in [6.07, 6.45) is 1.33. The van der Waals surface area contributed by atoms with Crippen LogP contribution in [0.1, 0.15) is 33.6 Å². The lowest BCUT2D eigenvalue weighted by Crippen LogP contribution is -2.09. The van der Waals surface area contributed by atoms with Crippen LogP contribution in [0.15, 0.2) is 24.3 Å². The van der Waals surface area contributed by atoms with Gasteiger partial charge in [0.15, 0.2) is 23.0 Å². The molecule has 2 aromatic rings. The summed E-state index contributed by atoms with van der Waals surface area (Å²) in [4.78, 5) is 23.5. The molecule has 10 heteroatoms. The molecule has 4 N–H and O–H groups in total. The number of rotatable bonds is 11. The highest BCUT2D eigenvalue weighted by molar-refractivity contribution is 5.96. The molecule has 0 spiro atoms. The SMILES string of the molecule is COC(=O)c1cc(OC)c(OCCCCOc2cc(N)c(C(=O)OC)cc2OC)cc1N. The van der Waals surface area contributed by atoms with Gasteiger partial charge in [0, 0.05) is 24.3 Å². The Labute approximate surface area is 186 Å². The van der Waals surface area contributed by atoms with Gasteiger partial charge < -0.3 is 39.9 Å². The molecule has 0 heterocycles. The molecule has 0 radical (unpaired) electrons. The number of unbranched alkanes of at least 4 members (excludes halogenated alkanes) is 1. The summed E-state index contributed by atoms with van der Waals surface area (Å²) in [5.74, 6) is 0.488. The Bertz CT molecular complexity index is 884. The first kappa shape index (κ1) is 24.4. The van der Waals surface area contributed by atoms with E-state index in [9.17, 15) is 9.59 Å². The van der Waals surface area contributed by atoms with Crippen molar-refractivity contribution in [3.05, 3.63) is 35.4 Å². The molecule has 174 valence electrons. The Kier molecular flexibility index (Phi) is 8.82. The third-order valence-electron chi connectivity index (χ3n) is 4.54. The number of nitrogens with two attached hydrogens (primary N) is 2. The fourth-order valence-corrected chi connectivity index (χ4v) is 2.84. The molecular formula is C22H28N2O8. The number of nitrogen functional groups attached to an aromatic ring is 2. The van der Waals surface area contributed by atoms with Crippen LogP contribution in [-0.2, 0) is 9.47 Å². The fraction of sp³-hybridized carbons (Fsp3) is 0.364. The van der Waals surface area contributed by atoms with Gasteiger partial charge in [-0.05, 0) is 12.8 Å². The second-order valence-corrected chi connectivity index (χ2v) is 6.57. The predicted molar refractivity (Wildman–Crippen MR) is 118 cm³/mol. The Morgan fingerprint density at radius 2 is 1.03 bits per heavy atom. The minimum absolute atomic E-state index is 0.205. The maximum Gasteiger partial charge on any atom is 0.340 e. The van der Waals surface area contributed by atoms with E-state index in [2.05, 4.69) is 0 Å². The first-order valence-corrected chi connectivity index (χ1v) is 9.73. The average Bonchev–Trinajstić information content (AvgIpc) is 2.80. The molecule has 0 atom stereocenters. The van der Waals surface area contributed by atoms with Crippen LogP contribution in [-0.4, -0.2) is 53.6 Å². The van der Waals surface area contributed by atoms with Crippen molar-refractivity contribution in [2.75, 3.05) is 53.1 Å². The predicted octanol–water partition coefficient (Wildman–Crippen LogP) is 2.68. The molecule has 0 bridgehead atoms. The van der Waals surface area contributed by atoms with Gasteiger partial charge in [-0.1, -0.05) is 0 Å². The first-order chi connectivity index (χ1) is 15.4. The number of benzene rings is 2. The smallest absolute Gasteiger partial charge is 0.340 e. The molecule has 10 nitrogen and oxygen atoms in total. The zero-order chi connectivity index (χ0) is 23.7. The molecule has 0 aliphatic carbocycles. The van der Waals surface area contributed by atoms with E-state index < -0.39 is 11.9 Å². The van der Waals surface area contributed by atoms with Crippen LogP contribution in [0.5, 0.6) is 23.0 Å². The standard InChI is InChI=1S/C22H28N2O8/c1-27-17-9-13(21(25)29-3)15(23)11-19(17)31-7-5-6-8-32-20-12-16(24)14(22(26)30-4)10-18(20)28-2/h9-12H,5-8,23-24H2,1-4H3. The molecule has 2 rings (SSSR count). The van der Waals surface area contributed by atoms with Gasteiger partial charge in [0.2, 0.25) is 0 Å². The van der Waals surface area contributed by atoms with Gasteiger partial charge in [-0.25, -0.2) is 9.59 Å². The van der Waals surface area contributed by atoms with Gasteiger partial charge in [0.05, 0.1) is 64.2 Å². The van der Waals surface area contributed by atoms with Crippen molar-refractivity contribution in [3.8, 4) is 23.0 Å². The molecule has 2 aromatic carbocycles. The molecule has 0 aromatic heterocycles. The van der Waals surface area contributed by atoms with Crippen molar-refractivity contribution in [1.82, 2.24) is 0 Å². The van der Waals surface area contributed by atoms with Gasteiger partial charge in [-0.2, -0.15) is 0 Å². The molecule has 0 saturated heterocycles. The van der Waals surface area contributed by atoms with Crippen molar-refractivity contribution < 1.29 is 38.0 Å². The Morgan fingerprint density at radius 1 is 0.656 bits per heavy atom. The highest BCUT2D eigenvalue weighted by Gasteiger charge is 2.17.